The van der Waals surface area contributed by atoms with Gasteiger partial charge in [-0.05, 0) is 31.1 Å². The van der Waals surface area contributed by atoms with Crippen LogP contribution in [0.2, 0.25) is 19.0 Å². The first kappa shape index (κ1) is 33.1. The molecule has 37 heavy (non-hydrogen) atoms. The fourth-order valence-electron chi connectivity index (χ4n) is 3.54. The van der Waals surface area contributed by atoms with Crippen LogP contribution in [0.1, 0.15) is 12.0 Å². The normalized spacial score (nSPS) is 11.5. The molecule has 0 saturated heterocycles. The van der Waals surface area contributed by atoms with Gasteiger partial charge in [-0.25, -0.2) is 0 Å². The van der Waals surface area contributed by atoms with E-state index in [1.165, 1.54) is 7.11 Å². The minimum atomic E-state index is -0.853. The summed E-state index contributed by atoms with van der Waals surface area (Å²) in [7, 11) is 4.09. The summed E-state index contributed by atoms with van der Waals surface area (Å²) in [5, 5.41) is 6.09. The fourth-order valence-corrected chi connectivity index (χ4v) is 3.54. The second-order valence-corrected chi connectivity index (χ2v) is 8.26. The lowest BCUT2D eigenvalue weighted by Gasteiger charge is -2.26. The third-order valence-corrected chi connectivity index (χ3v) is 5.49. The SMILES string of the molecule is COBNCCB(CCN(CCBOCN)C(=O)C[C@H](NBOC)C(=O)OCc1ccccc1)OCN. The number of benzene rings is 1. The van der Waals surface area contributed by atoms with E-state index in [9.17, 15) is 9.59 Å². The van der Waals surface area contributed by atoms with Crippen molar-refractivity contribution in [1.82, 2.24) is 15.4 Å². The molecule has 0 aliphatic carbocycles. The average Bonchev–Trinajstić information content (AvgIpc) is 2.91. The monoisotopic (exact) mass is 519 g/mol. The molecule has 1 atom stereocenters. The molecule has 204 valence electrons. The standard InChI is InChI=1S/C21H41B4N5O7/c1-33-23-28-11-9-25(37-17-27)10-13-30(12-8-22-36-16-26)20(31)14-19(29-24-34-2)21(32)35-15-18-6-4-3-5-7-18/h3-7,19,22-24,28-29H,8-17,26-27H2,1-2H3/t19-/m0/s1. The van der Waals surface area contributed by atoms with Crippen LogP contribution in [0.5, 0.6) is 0 Å². The highest BCUT2D eigenvalue weighted by Crippen LogP contribution is 2.09. The maximum atomic E-state index is 13.3. The minimum absolute atomic E-state index is 0.0768. The lowest BCUT2D eigenvalue weighted by molar-refractivity contribution is -0.149. The van der Waals surface area contributed by atoms with Gasteiger partial charge in [-0.15, -0.1) is 0 Å². The smallest absolute Gasteiger partial charge is 0.361 e. The van der Waals surface area contributed by atoms with Gasteiger partial charge in [-0.3, -0.25) is 9.59 Å². The van der Waals surface area contributed by atoms with Gasteiger partial charge in [0.05, 0.1) is 19.9 Å². The zero-order valence-corrected chi connectivity index (χ0v) is 22.2. The van der Waals surface area contributed by atoms with Crippen molar-refractivity contribution in [3.8, 4) is 0 Å². The highest BCUT2D eigenvalue weighted by molar-refractivity contribution is 6.52. The lowest BCUT2D eigenvalue weighted by Crippen LogP contribution is -2.46. The quantitative estimate of drug-likeness (QED) is 0.0546. The number of carbonyl (C=O) groups is 2. The Morgan fingerprint density at radius 3 is 2.49 bits per heavy atom. The van der Waals surface area contributed by atoms with Crippen molar-refractivity contribution in [3.63, 3.8) is 0 Å². The number of ether oxygens (including phenoxy) is 1. The highest BCUT2D eigenvalue weighted by Gasteiger charge is 2.27. The molecule has 0 spiro atoms. The summed E-state index contributed by atoms with van der Waals surface area (Å²) in [5.41, 5.74) is 11.9. The number of amides is 1. The zero-order valence-electron chi connectivity index (χ0n) is 22.2. The average molecular weight is 519 g/mol. The van der Waals surface area contributed by atoms with Crippen molar-refractivity contribution in [1.29, 1.82) is 0 Å². The Morgan fingerprint density at radius 2 is 1.81 bits per heavy atom. The summed E-state index contributed by atoms with van der Waals surface area (Å²) in [6.45, 7) is 1.76. The fraction of sp³-hybridized carbons (Fsp3) is 0.619. The summed E-state index contributed by atoms with van der Waals surface area (Å²) in [5.74, 6) is -0.712. The second-order valence-electron chi connectivity index (χ2n) is 8.26. The Labute approximate surface area is 222 Å². The van der Waals surface area contributed by atoms with E-state index in [2.05, 4.69) is 10.5 Å². The number of hydrogen-bond donors (Lipinski definition) is 4. The number of carbonyl (C=O) groups excluding carboxylic acids is 2. The molecule has 0 heterocycles. The number of nitrogens with one attached hydrogen (secondary N) is 2. The molecule has 0 bridgehead atoms. The van der Waals surface area contributed by atoms with E-state index in [-0.39, 0.29) is 46.9 Å². The summed E-state index contributed by atoms with van der Waals surface area (Å²) in [4.78, 5) is 27.8. The van der Waals surface area contributed by atoms with Crippen LogP contribution in [0.4, 0.5) is 0 Å². The maximum Gasteiger partial charge on any atom is 0.361 e. The van der Waals surface area contributed by atoms with Gasteiger partial charge in [-0.2, -0.15) is 0 Å². The van der Waals surface area contributed by atoms with Crippen molar-refractivity contribution < 1.29 is 32.9 Å². The van der Waals surface area contributed by atoms with Crippen LogP contribution in [-0.4, -0.2) is 99.8 Å². The molecule has 0 fully saturated rings. The Kier molecular flexibility index (Phi) is 19.8. The van der Waals surface area contributed by atoms with Crippen LogP contribution >= 0.6 is 0 Å². The Balaban J connectivity index is 2.77. The molecular weight excluding hydrogens is 478 g/mol. The molecule has 1 aromatic carbocycles. The number of nitrogens with zero attached hydrogens (tertiary/aromatic N) is 1. The van der Waals surface area contributed by atoms with Crippen LogP contribution in [0, 0.1) is 0 Å². The van der Waals surface area contributed by atoms with Crippen LogP contribution in [0.3, 0.4) is 0 Å². The second kappa shape index (κ2) is 22.1. The number of esters is 1. The van der Waals surface area contributed by atoms with E-state index < -0.39 is 12.0 Å². The van der Waals surface area contributed by atoms with Crippen LogP contribution in [-0.2, 0) is 39.6 Å². The molecule has 0 aromatic heterocycles. The van der Waals surface area contributed by atoms with E-state index in [0.29, 0.717) is 53.7 Å². The van der Waals surface area contributed by atoms with E-state index >= 15 is 0 Å². The van der Waals surface area contributed by atoms with E-state index in [1.807, 2.05) is 30.3 Å². The van der Waals surface area contributed by atoms with Gasteiger partial charge in [0, 0.05) is 27.3 Å². The summed E-state index contributed by atoms with van der Waals surface area (Å²) in [6.07, 6.45) is 1.83. The molecule has 12 nitrogen and oxygen atoms in total. The van der Waals surface area contributed by atoms with Gasteiger partial charge < -0.3 is 50.2 Å². The molecule has 1 rings (SSSR count). The van der Waals surface area contributed by atoms with E-state index in [4.69, 9.17) is 34.8 Å². The molecule has 0 saturated carbocycles. The molecule has 0 unspecified atom stereocenters. The minimum Gasteiger partial charge on any atom is -0.460 e. The van der Waals surface area contributed by atoms with Gasteiger partial charge in [-0.1, -0.05) is 30.3 Å². The first-order valence-electron chi connectivity index (χ1n) is 12.5. The predicted molar refractivity (Wildman–Crippen MR) is 148 cm³/mol. The van der Waals surface area contributed by atoms with Gasteiger partial charge in [0.1, 0.15) is 12.6 Å². The van der Waals surface area contributed by atoms with E-state index in [1.54, 1.807) is 12.0 Å². The Hall–Kier alpha value is -1.90. The van der Waals surface area contributed by atoms with E-state index in [0.717, 1.165) is 5.56 Å². The molecular formula is C21H41B4N5O7. The summed E-state index contributed by atoms with van der Waals surface area (Å²) in [6, 6.07) is 8.51. The molecule has 0 aliphatic rings. The third kappa shape index (κ3) is 15.8. The van der Waals surface area contributed by atoms with Crippen molar-refractivity contribution in [3.05, 3.63) is 35.9 Å². The van der Waals surface area contributed by atoms with Gasteiger partial charge in [0.2, 0.25) is 5.91 Å². The first-order valence-corrected chi connectivity index (χ1v) is 12.5. The zero-order chi connectivity index (χ0) is 27.1. The van der Waals surface area contributed by atoms with Gasteiger partial charge in [0.25, 0.3) is 14.4 Å². The van der Waals surface area contributed by atoms with Crippen LogP contribution in [0.25, 0.3) is 0 Å². The topological polar surface area (TPSA) is 160 Å². The summed E-state index contributed by atoms with van der Waals surface area (Å²) < 4.78 is 26.4. The van der Waals surface area contributed by atoms with Crippen LogP contribution in [0.15, 0.2) is 30.3 Å². The van der Waals surface area contributed by atoms with Crippen LogP contribution < -0.4 is 21.9 Å². The molecule has 1 amide bonds. The third-order valence-electron chi connectivity index (χ3n) is 5.49. The first-order chi connectivity index (χ1) is 18.0. The van der Waals surface area contributed by atoms with Crippen molar-refractivity contribution in [2.24, 2.45) is 11.5 Å². The summed E-state index contributed by atoms with van der Waals surface area (Å²) >= 11 is 0. The molecule has 1 aromatic rings. The number of rotatable bonds is 23. The molecule has 0 radical (unpaired) electrons. The van der Waals surface area contributed by atoms with Crippen molar-refractivity contribution in [2.45, 2.75) is 38.0 Å². The molecule has 16 heteroatoms. The molecule has 0 aliphatic heterocycles. The maximum absolute atomic E-state index is 13.3. The lowest BCUT2D eigenvalue weighted by atomic mass is 9.61. The Morgan fingerprint density at radius 1 is 1.05 bits per heavy atom. The Bertz CT molecular complexity index is 730. The van der Waals surface area contributed by atoms with Crippen molar-refractivity contribution in [2.75, 3.05) is 47.3 Å². The molecule has 6 N–H and O–H groups in total. The highest BCUT2D eigenvalue weighted by atomic mass is 16.5. The largest absolute Gasteiger partial charge is 0.460 e. The predicted octanol–water partition coefficient (Wildman–Crippen LogP) is -2.05. The van der Waals surface area contributed by atoms with Gasteiger partial charge >= 0.3 is 21.2 Å². The number of hydrogen-bond acceptors (Lipinski definition) is 11. The van der Waals surface area contributed by atoms with Crippen molar-refractivity contribution >= 4 is 41.5 Å². The van der Waals surface area contributed by atoms with Gasteiger partial charge in [0.15, 0.2) is 0 Å². The number of nitrogens with two attached hydrogens (primary N) is 2.